The molecule has 0 aliphatic carbocycles. The van der Waals surface area contributed by atoms with Crippen molar-refractivity contribution in [1.29, 1.82) is 0 Å². The van der Waals surface area contributed by atoms with E-state index in [1.807, 2.05) is 12.5 Å². The van der Waals surface area contributed by atoms with Crippen molar-refractivity contribution in [3.8, 4) is 0 Å². The Morgan fingerprint density at radius 1 is 1.10 bits per heavy atom. The first-order valence-electron chi connectivity index (χ1n) is 9.59. The van der Waals surface area contributed by atoms with E-state index in [1.54, 1.807) is 11.8 Å². The number of nitrogens with two attached hydrogens (primary N) is 1. The zero-order valence-electron chi connectivity index (χ0n) is 17.6. The van der Waals surface area contributed by atoms with Crippen LogP contribution in [0.3, 0.4) is 0 Å². The van der Waals surface area contributed by atoms with Gasteiger partial charge < -0.3 is 31.8 Å². The number of thioether (sulfide) groups is 2. The highest BCUT2D eigenvalue weighted by molar-refractivity contribution is 7.98. The van der Waals surface area contributed by atoms with Crippen LogP contribution in [0.15, 0.2) is 12.5 Å². The van der Waals surface area contributed by atoms with Gasteiger partial charge in [-0.1, -0.05) is 0 Å². The number of rotatable bonds is 15. The Labute approximate surface area is 189 Å². The van der Waals surface area contributed by atoms with Gasteiger partial charge in [0.15, 0.2) is 0 Å². The molecule has 3 unspecified atom stereocenters. The van der Waals surface area contributed by atoms with E-state index in [9.17, 15) is 24.3 Å². The Balaban J connectivity index is 2.64. The fourth-order valence-corrected chi connectivity index (χ4v) is 3.47. The lowest BCUT2D eigenvalue weighted by Gasteiger charge is -2.21. The smallest absolute Gasteiger partial charge is 0.326 e. The molecule has 31 heavy (non-hydrogen) atoms. The summed E-state index contributed by atoms with van der Waals surface area (Å²) in [6, 6.07) is -2.84. The minimum atomic E-state index is -1.20. The largest absolute Gasteiger partial charge is 0.480 e. The lowest BCUT2D eigenvalue weighted by Crippen LogP contribution is -2.54. The average molecular weight is 475 g/mol. The summed E-state index contributed by atoms with van der Waals surface area (Å²) in [5.74, 6) is -1.53. The monoisotopic (exact) mass is 474 g/mol. The summed E-state index contributed by atoms with van der Waals surface area (Å²) in [5.41, 5.74) is 6.31. The van der Waals surface area contributed by atoms with E-state index in [0.29, 0.717) is 24.3 Å². The van der Waals surface area contributed by atoms with Crippen molar-refractivity contribution in [1.82, 2.24) is 25.9 Å². The van der Waals surface area contributed by atoms with Crippen LogP contribution in [0.1, 0.15) is 18.5 Å². The van der Waals surface area contributed by atoms with Crippen LogP contribution in [0.5, 0.6) is 0 Å². The van der Waals surface area contributed by atoms with E-state index in [2.05, 4.69) is 25.9 Å². The summed E-state index contributed by atoms with van der Waals surface area (Å²) in [6.07, 6.45) is 7.46. The molecule has 1 aromatic heterocycles. The zero-order chi connectivity index (χ0) is 23.2. The standard InChI is InChI=1S/C18H30N6O5S2/c1-30-5-3-12(19)16(26)21-9-15(25)23-13(4-6-31-2)17(27)24-14(18(28)29)7-11-8-20-10-22-11/h8,10,12-14H,3-7,9,19H2,1-2H3,(H,20,22)(H,21,26)(H,23,25)(H,24,27)(H,28,29). The molecule has 0 fully saturated rings. The summed E-state index contributed by atoms with van der Waals surface area (Å²) >= 11 is 3.05. The zero-order valence-corrected chi connectivity index (χ0v) is 19.2. The van der Waals surface area contributed by atoms with Gasteiger partial charge in [-0.3, -0.25) is 14.4 Å². The summed E-state index contributed by atoms with van der Waals surface area (Å²) in [7, 11) is 0. The van der Waals surface area contributed by atoms with Crippen LogP contribution in [0.4, 0.5) is 0 Å². The maximum Gasteiger partial charge on any atom is 0.326 e. The minimum Gasteiger partial charge on any atom is -0.480 e. The van der Waals surface area contributed by atoms with E-state index < -0.39 is 41.8 Å². The number of amides is 3. The SMILES string of the molecule is CSCCC(N)C(=O)NCC(=O)NC(CCSC)C(=O)NC(Cc1cnc[nH]1)C(=O)O. The first-order chi connectivity index (χ1) is 14.8. The summed E-state index contributed by atoms with van der Waals surface area (Å²) in [6.45, 7) is -0.328. The highest BCUT2D eigenvalue weighted by Gasteiger charge is 2.27. The summed E-state index contributed by atoms with van der Waals surface area (Å²) < 4.78 is 0. The number of aromatic amines is 1. The molecule has 1 aromatic rings. The average Bonchev–Trinajstić information content (AvgIpc) is 3.25. The van der Waals surface area contributed by atoms with Crippen molar-refractivity contribution in [3.05, 3.63) is 18.2 Å². The second-order valence-electron chi connectivity index (χ2n) is 6.69. The van der Waals surface area contributed by atoms with Gasteiger partial charge in [0, 0.05) is 18.3 Å². The van der Waals surface area contributed by atoms with E-state index >= 15 is 0 Å². The van der Waals surface area contributed by atoms with E-state index in [-0.39, 0.29) is 13.0 Å². The van der Waals surface area contributed by atoms with E-state index in [4.69, 9.17) is 5.73 Å². The molecule has 7 N–H and O–H groups in total. The lowest BCUT2D eigenvalue weighted by atomic mass is 10.1. The lowest BCUT2D eigenvalue weighted by molar-refractivity contribution is -0.142. The summed E-state index contributed by atoms with van der Waals surface area (Å²) in [5, 5.41) is 16.9. The molecular weight excluding hydrogens is 444 g/mol. The van der Waals surface area contributed by atoms with Crippen molar-refractivity contribution in [2.24, 2.45) is 5.73 Å². The van der Waals surface area contributed by atoms with Crippen LogP contribution < -0.4 is 21.7 Å². The Morgan fingerprint density at radius 2 is 1.77 bits per heavy atom. The van der Waals surface area contributed by atoms with Crippen molar-refractivity contribution in [2.45, 2.75) is 37.4 Å². The molecule has 0 aliphatic rings. The van der Waals surface area contributed by atoms with Crippen LogP contribution in [-0.4, -0.2) is 87.5 Å². The molecule has 0 bridgehead atoms. The molecule has 13 heteroatoms. The molecule has 1 rings (SSSR count). The van der Waals surface area contributed by atoms with E-state index in [0.717, 1.165) is 5.75 Å². The highest BCUT2D eigenvalue weighted by Crippen LogP contribution is 2.04. The number of hydrogen-bond acceptors (Lipinski definition) is 8. The molecule has 0 saturated heterocycles. The third-order valence-corrected chi connectivity index (χ3v) is 5.54. The summed E-state index contributed by atoms with van der Waals surface area (Å²) in [4.78, 5) is 55.0. The molecule has 0 radical (unpaired) electrons. The predicted molar refractivity (Wildman–Crippen MR) is 121 cm³/mol. The Hall–Kier alpha value is -2.25. The maximum absolute atomic E-state index is 12.7. The van der Waals surface area contributed by atoms with Crippen LogP contribution in [0.2, 0.25) is 0 Å². The topological polar surface area (TPSA) is 179 Å². The van der Waals surface area contributed by atoms with Crippen LogP contribution in [0.25, 0.3) is 0 Å². The number of nitrogens with zero attached hydrogens (tertiary/aromatic N) is 1. The van der Waals surface area contributed by atoms with Crippen molar-refractivity contribution in [2.75, 3.05) is 30.6 Å². The van der Waals surface area contributed by atoms with Gasteiger partial charge in [-0.05, 0) is 36.9 Å². The molecule has 0 saturated carbocycles. The molecular formula is C18H30N6O5S2. The van der Waals surface area contributed by atoms with Crippen molar-refractivity contribution < 1.29 is 24.3 Å². The molecule has 1 heterocycles. The molecule has 3 atom stereocenters. The fourth-order valence-electron chi connectivity index (χ4n) is 2.51. The van der Waals surface area contributed by atoms with Crippen molar-refractivity contribution >= 4 is 47.2 Å². The number of carboxylic acids is 1. The van der Waals surface area contributed by atoms with Crippen LogP contribution in [0, 0.1) is 0 Å². The van der Waals surface area contributed by atoms with Gasteiger partial charge in [-0.25, -0.2) is 9.78 Å². The molecule has 11 nitrogen and oxygen atoms in total. The van der Waals surface area contributed by atoms with Gasteiger partial charge in [0.05, 0.1) is 18.9 Å². The van der Waals surface area contributed by atoms with Gasteiger partial charge in [0.2, 0.25) is 17.7 Å². The number of imidazole rings is 1. The third kappa shape index (κ3) is 10.6. The second-order valence-corrected chi connectivity index (χ2v) is 8.66. The normalized spacial score (nSPS) is 13.6. The quantitative estimate of drug-likeness (QED) is 0.185. The number of nitrogens with one attached hydrogen (secondary N) is 4. The van der Waals surface area contributed by atoms with Gasteiger partial charge in [0.1, 0.15) is 12.1 Å². The van der Waals surface area contributed by atoms with Gasteiger partial charge in [-0.15, -0.1) is 0 Å². The third-order valence-electron chi connectivity index (χ3n) is 4.25. The van der Waals surface area contributed by atoms with Crippen molar-refractivity contribution in [3.63, 3.8) is 0 Å². The van der Waals surface area contributed by atoms with Crippen LogP contribution >= 0.6 is 23.5 Å². The van der Waals surface area contributed by atoms with Gasteiger partial charge in [0.25, 0.3) is 0 Å². The number of carbonyl (C=O) groups excluding carboxylic acids is 3. The first-order valence-corrected chi connectivity index (χ1v) is 12.4. The molecule has 174 valence electrons. The van der Waals surface area contributed by atoms with Gasteiger partial charge >= 0.3 is 5.97 Å². The molecule has 3 amide bonds. The Morgan fingerprint density at radius 3 is 2.35 bits per heavy atom. The second kappa shape index (κ2) is 14.7. The fraction of sp³-hybridized carbons (Fsp3) is 0.611. The van der Waals surface area contributed by atoms with Gasteiger partial charge in [-0.2, -0.15) is 23.5 Å². The molecule has 0 aromatic carbocycles. The number of aliphatic carboxylic acids is 1. The number of carboxylic acid groups (broad SMARTS) is 1. The van der Waals surface area contributed by atoms with E-state index in [1.165, 1.54) is 24.3 Å². The number of carbonyl (C=O) groups is 4. The molecule has 0 aliphatic heterocycles. The Kier molecular flexibility index (Phi) is 12.7. The highest BCUT2D eigenvalue weighted by atomic mass is 32.2. The maximum atomic E-state index is 12.7. The minimum absolute atomic E-state index is 0.0221. The Bertz CT molecular complexity index is 718. The predicted octanol–water partition coefficient (Wildman–Crippen LogP) is -1.04. The number of H-pyrrole nitrogens is 1. The first kappa shape index (κ1) is 26.8. The van der Waals surface area contributed by atoms with Crippen LogP contribution in [-0.2, 0) is 25.6 Å². The molecule has 0 spiro atoms. The number of aromatic nitrogens is 2. The number of hydrogen-bond donors (Lipinski definition) is 6.